The number of anilines is 1. The Morgan fingerprint density at radius 1 is 1.50 bits per heavy atom. The molecule has 1 aromatic rings. The molecule has 2 atom stereocenters. The smallest absolute Gasteiger partial charge is 0.129 e. The zero-order chi connectivity index (χ0) is 12.0. The van der Waals surface area contributed by atoms with E-state index in [1.807, 2.05) is 19.9 Å². The highest BCUT2D eigenvalue weighted by molar-refractivity contribution is 7.99. The summed E-state index contributed by atoms with van der Waals surface area (Å²) >= 11 is 1.75. The third-order valence-corrected chi connectivity index (χ3v) is 3.81. The minimum absolute atomic E-state index is 0.245. The zero-order valence-corrected chi connectivity index (χ0v) is 10.9. The lowest BCUT2D eigenvalue weighted by molar-refractivity contribution is 0.196. The van der Waals surface area contributed by atoms with Crippen LogP contribution in [0.3, 0.4) is 0 Å². The topological polar surface area (TPSA) is 45.2 Å². The van der Waals surface area contributed by atoms with Crippen LogP contribution < -0.4 is 5.32 Å². The molecule has 0 bridgehead atoms. The second-order valence-electron chi connectivity index (χ2n) is 3.80. The van der Waals surface area contributed by atoms with Crippen LogP contribution in [0.1, 0.15) is 26.3 Å². The molecule has 1 heterocycles. The van der Waals surface area contributed by atoms with Gasteiger partial charge in [-0.15, -0.1) is 0 Å². The van der Waals surface area contributed by atoms with Gasteiger partial charge in [0.1, 0.15) is 5.82 Å². The summed E-state index contributed by atoms with van der Waals surface area (Å²) in [7, 11) is 0. The van der Waals surface area contributed by atoms with E-state index in [-0.39, 0.29) is 11.4 Å². The van der Waals surface area contributed by atoms with E-state index in [4.69, 9.17) is 0 Å². The quantitative estimate of drug-likeness (QED) is 0.802. The Balaban J connectivity index is 2.58. The summed E-state index contributed by atoms with van der Waals surface area (Å²) in [4.78, 5) is 4.30. The number of hydrogen-bond acceptors (Lipinski definition) is 4. The van der Waals surface area contributed by atoms with Gasteiger partial charge in [-0.05, 0) is 19.9 Å². The van der Waals surface area contributed by atoms with Gasteiger partial charge >= 0.3 is 0 Å². The van der Waals surface area contributed by atoms with E-state index in [2.05, 4.69) is 23.3 Å². The minimum Gasteiger partial charge on any atom is -0.392 e. The van der Waals surface area contributed by atoms with Crippen molar-refractivity contribution in [3.63, 3.8) is 0 Å². The Morgan fingerprint density at radius 2 is 2.25 bits per heavy atom. The Labute approximate surface area is 102 Å². The van der Waals surface area contributed by atoms with Gasteiger partial charge in [0.15, 0.2) is 0 Å². The Kier molecular flexibility index (Phi) is 5.63. The van der Waals surface area contributed by atoms with Crippen LogP contribution in [0.25, 0.3) is 0 Å². The van der Waals surface area contributed by atoms with Crippen molar-refractivity contribution in [2.45, 2.75) is 37.9 Å². The van der Waals surface area contributed by atoms with Crippen molar-refractivity contribution < 1.29 is 5.11 Å². The molecule has 0 saturated carbocycles. The predicted octanol–water partition coefficient (Wildman–Crippen LogP) is 2.52. The number of aliphatic hydroxyl groups is 1. The minimum atomic E-state index is -0.274. The van der Waals surface area contributed by atoms with E-state index in [0.717, 1.165) is 18.1 Å². The highest BCUT2D eigenvalue weighted by Crippen LogP contribution is 2.23. The summed E-state index contributed by atoms with van der Waals surface area (Å²) in [6.07, 6.45) is 1.52. The second kappa shape index (κ2) is 6.76. The van der Waals surface area contributed by atoms with E-state index < -0.39 is 0 Å². The lowest BCUT2D eigenvalue weighted by Crippen LogP contribution is -2.15. The first kappa shape index (κ1) is 13.3. The molecule has 4 heteroatoms. The molecule has 0 spiro atoms. The van der Waals surface area contributed by atoms with E-state index in [9.17, 15) is 5.11 Å². The maximum atomic E-state index is 9.42. The molecule has 16 heavy (non-hydrogen) atoms. The van der Waals surface area contributed by atoms with Crippen molar-refractivity contribution >= 4 is 17.6 Å². The Morgan fingerprint density at radius 3 is 2.88 bits per heavy atom. The van der Waals surface area contributed by atoms with Crippen LogP contribution in [0.5, 0.6) is 0 Å². The van der Waals surface area contributed by atoms with Crippen LogP contribution in [-0.2, 0) is 5.75 Å². The fraction of sp³-hybridized carbons (Fsp3) is 0.583. The van der Waals surface area contributed by atoms with Crippen LogP contribution in [-0.4, -0.2) is 28.0 Å². The molecule has 90 valence electrons. The van der Waals surface area contributed by atoms with Gasteiger partial charge in [0.2, 0.25) is 0 Å². The van der Waals surface area contributed by atoms with E-state index in [0.29, 0.717) is 0 Å². The molecule has 2 unspecified atom stereocenters. The van der Waals surface area contributed by atoms with Gasteiger partial charge in [-0.25, -0.2) is 4.98 Å². The monoisotopic (exact) mass is 240 g/mol. The molecule has 0 aliphatic carbocycles. The number of nitrogens with zero attached hydrogens (tertiary/aromatic N) is 1. The lowest BCUT2D eigenvalue weighted by atomic mass is 10.3. The van der Waals surface area contributed by atoms with Crippen LogP contribution in [0.15, 0.2) is 18.3 Å². The first-order valence-corrected chi connectivity index (χ1v) is 6.67. The summed E-state index contributed by atoms with van der Waals surface area (Å²) in [5.74, 6) is 1.83. The van der Waals surface area contributed by atoms with Crippen molar-refractivity contribution in [1.29, 1.82) is 0 Å². The zero-order valence-electron chi connectivity index (χ0n) is 10.1. The van der Waals surface area contributed by atoms with Gasteiger partial charge in [0.25, 0.3) is 0 Å². The summed E-state index contributed by atoms with van der Waals surface area (Å²) in [6, 6.07) is 4.02. The Hall–Kier alpha value is -0.740. The standard InChI is InChI=1S/C12H20N2OS/c1-4-13-12-11(6-5-7-14-12)8-16-10(3)9(2)15/h5-7,9-10,15H,4,8H2,1-3H3,(H,13,14). The van der Waals surface area contributed by atoms with Crippen LogP contribution in [0, 0.1) is 0 Å². The molecule has 0 aromatic carbocycles. The number of pyridine rings is 1. The third-order valence-electron chi connectivity index (χ3n) is 2.42. The van der Waals surface area contributed by atoms with E-state index in [1.54, 1.807) is 18.0 Å². The lowest BCUT2D eigenvalue weighted by Gasteiger charge is -2.15. The predicted molar refractivity (Wildman–Crippen MR) is 70.8 cm³/mol. The van der Waals surface area contributed by atoms with Crippen molar-refractivity contribution in [2.75, 3.05) is 11.9 Å². The van der Waals surface area contributed by atoms with Gasteiger partial charge in [-0.1, -0.05) is 13.0 Å². The Bertz CT molecular complexity index is 318. The van der Waals surface area contributed by atoms with E-state index >= 15 is 0 Å². The molecular formula is C12H20N2OS. The molecule has 0 saturated heterocycles. The maximum absolute atomic E-state index is 9.42. The van der Waals surface area contributed by atoms with Crippen molar-refractivity contribution in [3.05, 3.63) is 23.9 Å². The molecule has 0 amide bonds. The number of hydrogen-bond donors (Lipinski definition) is 2. The average molecular weight is 240 g/mol. The van der Waals surface area contributed by atoms with Gasteiger partial charge < -0.3 is 10.4 Å². The number of thioether (sulfide) groups is 1. The second-order valence-corrected chi connectivity index (χ2v) is 5.16. The molecule has 0 aliphatic heterocycles. The first-order chi connectivity index (χ1) is 7.65. The van der Waals surface area contributed by atoms with Crippen LogP contribution >= 0.6 is 11.8 Å². The number of nitrogens with one attached hydrogen (secondary N) is 1. The number of aromatic nitrogens is 1. The molecule has 1 rings (SSSR count). The van der Waals surface area contributed by atoms with Crippen LogP contribution in [0.2, 0.25) is 0 Å². The van der Waals surface area contributed by atoms with Gasteiger partial charge in [0.05, 0.1) is 6.10 Å². The molecule has 2 N–H and O–H groups in total. The summed E-state index contributed by atoms with van der Waals surface area (Å²) in [5, 5.41) is 12.9. The molecule has 3 nitrogen and oxygen atoms in total. The highest BCUT2D eigenvalue weighted by atomic mass is 32.2. The van der Waals surface area contributed by atoms with Gasteiger partial charge in [0, 0.05) is 29.3 Å². The van der Waals surface area contributed by atoms with E-state index in [1.165, 1.54) is 5.56 Å². The van der Waals surface area contributed by atoms with Crippen molar-refractivity contribution in [3.8, 4) is 0 Å². The molecule has 0 radical (unpaired) electrons. The highest BCUT2D eigenvalue weighted by Gasteiger charge is 2.10. The van der Waals surface area contributed by atoms with Gasteiger partial charge in [-0.2, -0.15) is 11.8 Å². The largest absolute Gasteiger partial charge is 0.392 e. The van der Waals surface area contributed by atoms with Crippen molar-refractivity contribution in [1.82, 2.24) is 4.98 Å². The summed E-state index contributed by atoms with van der Waals surface area (Å²) < 4.78 is 0. The molecule has 0 fully saturated rings. The molecular weight excluding hydrogens is 220 g/mol. The fourth-order valence-electron chi connectivity index (χ4n) is 1.24. The SMILES string of the molecule is CCNc1ncccc1CSC(C)C(C)O. The van der Waals surface area contributed by atoms with Gasteiger partial charge in [-0.3, -0.25) is 0 Å². The van der Waals surface area contributed by atoms with Crippen LogP contribution in [0.4, 0.5) is 5.82 Å². The summed E-state index contributed by atoms with van der Waals surface area (Å²) in [5.41, 5.74) is 1.20. The normalized spacial score (nSPS) is 14.5. The van der Waals surface area contributed by atoms with Crippen molar-refractivity contribution in [2.24, 2.45) is 0 Å². The fourth-order valence-corrected chi connectivity index (χ4v) is 2.20. The molecule has 0 aliphatic rings. The summed E-state index contributed by atoms with van der Waals surface area (Å²) in [6.45, 7) is 6.80. The number of aliphatic hydroxyl groups excluding tert-OH is 1. The number of rotatable bonds is 6. The molecule has 1 aromatic heterocycles. The first-order valence-electron chi connectivity index (χ1n) is 5.62. The average Bonchev–Trinajstić information content (AvgIpc) is 2.27. The maximum Gasteiger partial charge on any atom is 0.129 e. The third kappa shape index (κ3) is 4.02.